The molecular formula is C19H17F2N3O3S. The van der Waals surface area contributed by atoms with Gasteiger partial charge in [0.05, 0.1) is 40.7 Å². The minimum absolute atomic E-state index is 0.0122. The number of ether oxygens (including phenoxy) is 2. The fourth-order valence-corrected chi connectivity index (χ4v) is 3.48. The number of hydrogen-bond donors (Lipinski definition) is 1. The van der Waals surface area contributed by atoms with Gasteiger partial charge in [0.1, 0.15) is 12.4 Å². The Bertz CT molecular complexity index is 900. The van der Waals surface area contributed by atoms with Crippen LogP contribution in [0.3, 0.4) is 0 Å². The highest BCUT2D eigenvalue weighted by molar-refractivity contribution is 8.02. The second kappa shape index (κ2) is 9.77. The smallest absolute Gasteiger partial charge is 0.387 e. The molecule has 0 amide bonds. The van der Waals surface area contributed by atoms with E-state index in [0.717, 1.165) is 0 Å². The summed E-state index contributed by atoms with van der Waals surface area (Å²) in [7, 11) is 0. The van der Waals surface area contributed by atoms with Crippen LogP contribution in [0.1, 0.15) is 24.8 Å². The van der Waals surface area contributed by atoms with Crippen molar-refractivity contribution < 1.29 is 23.0 Å². The van der Waals surface area contributed by atoms with Gasteiger partial charge in [-0.05, 0) is 19.2 Å². The van der Waals surface area contributed by atoms with E-state index in [9.17, 15) is 18.8 Å². The number of allylic oxidation sites excluding steroid dienone is 2. The number of esters is 1. The van der Waals surface area contributed by atoms with E-state index < -0.39 is 18.5 Å². The van der Waals surface area contributed by atoms with E-state index >= 15 is 0 Å². The number of carbonyl (C=O) groups excluding carboxylic acids is 1. The van der Waals surface area contributed by atoms with Crippen molar-refractivity contribution >= 4 is 17.7 Å². The molecule has 0 fully saturated rings. The lowest BCUT2D eigenvalue weighted by Gasteiger charge is -2.29. The van der Waals surface area contributed by atoms with Gasteiger partial charge in [0, 0.05) is 11.3 Å². The number of dihydropyridines is 1. The highest BCUT2D eigenvalue weighted by Gasteiger charge is 2.37. The Labute approximate surface area is 165 Å². The first kappa shape index (κ1) is 21.3. The predicted molar refractivity (Wildman–Crippen MR) is 99.0 cm³/mol. The number of hydrogen-bond acceptors (Lipinski definition) is 7. The van der Waals surface area contributed by atoms with E-state index in [2.05, 4.69) is 16.1 Å². The maximum absolute atomic E-state index is 12.9. The van der Waals surface area contributed by atoms with E-state index in [-0.39, 0.29) is 35.5 Å². The molecule has 1 aliphatic heterocycles. The van der Waals surface area contributed by atoms with Crippen LogP contribution in [-0.4, -0.2) is 25.4 Å². The summed E-state index contributed by atoms with van der Waals surface area (Å²) in [4.78, 5) is 12.7. The van der Waals surface area contributed by atoms with Gasteiger partial charge in [-0.25, -0.2) is 4.79 Å². The van der Waals surface area contributed by atoms with Gasteiger partial charge in [0.2, 0.25) is 0 Å². The molecule has 6 nitrogen and oxygen atoms in total. The minimum Gasteiger partial charge on any atom is -0.461 e. The van der Waals surface area contributed by atoms with Crippen LogP contribution in [0.15, 0.2) is 46.1 Å². The Hall–Kier alpha value is -3.04. The van der Waals surface area contributed by atoms with Gasteiger partial charge >= 0.3 is 12.6 Å². The topological polar surface area (TPSA) is 95.1 Å². The lowest BCUT2D eigenvalue weighted by Crippen LogP contribution is -2.29. The first-order valence-corrected chi connectivity index (χ1v) is 9.40. The SMILES string of the molecule is CSC1=C(C#N)C(c2ccccc2OC(F)F)C(C(=O)OCCC#N)=C(C)N1. The lowest BCUT2D eigenvalue weighted by molar-refractivity contribution is -0.139. The zero-order valence-electron chi connectivity index (χ0n) is 15.2. The molecule has 1 N–H and O–H groups in total. The number of rotatable bonds is 7. The van der Waals surface area contributed by atoms with E-state index in [1.54, 1.807) is 19.2 Å². The molecule has 1 unspecified atom stereocenters. The lowest BCUT2D eigenvalue weighted by atomic mass is 9.82. The summed E-state index contributed by atoms with van der Waals surface area (Å²) in [5, 5.41) is 21.9. The molecule has 0 saturated carbocycles. The third-order valence-electron chi connectivity index (χ3n) is 3.96. The molecule has 9 heteroatoms. The third-order valence-corrected chi connectivity index (χ3v) is 4.69. The van der Waals surface area contributed by atoms with Gasteiger partial charge < -0.3 is 14.8 Å². The van der Waals surface area contributed by atoms with Crippen molar-refractivity contribution in [3.05, 3.63) is 51.7 Å². The molecule has 28 heavy (non-hydrogen) atoms. The predicted octanol–water partition coefficient (Wildman–Crippen LogP) is 3.80. The van der Waals surface area contributed by atoms with Gasteiger partial charge in [-0.3, -0.25) is 0 Å². The number of halogens is 2. The van der Waals surface area contributed by atoms with Crippen LogP contribution in [0, 0.1) is 22.7 Å². The van der Waals surface area contributed by atoms with Gasteiger partial charge in [-0.1, -0.05) is 18.2 Å². The molecule has 0 spiro atoms. The average Bonchev–Trinajstić information content (AvgIpc) is 2.67. The highest BCUT2D eigenvalue weighted by atomic mass is 32.2. The zero-order chi connectivity index (χ0) is 20.7. The van der Waals surface area contributed by atoms with Crippen molar-refractivity contribution in [2.24, 2.45) is 0 Å². The van der Waals surface area contributed by atoms with Crippen LogP contribution in [0.4, 0.5) is 8.78 Å². The Morgan fingerprint density at radius 3 is 2.68 bits per heavy atom. The van der Waals surface area contributed by atoms with Crippen LogP contribution in [0.2, 0.25) is 0 Å². The van der Waals surface area contributed by atoms with Gasteiger partial charge in [0.15, 0.2) is 0 Å². The van der Waals surface area contributed by atoms with Gasteiger partial charge in [0.25, 0.3) is 0 Å². The number of alkyl halides is 2. The van der Waals surface area contributed by atoms with Crippen LogP contribution < -0.4 is 10.1 Å². The molecule has 0 bridgehead atoms. The second-order valence-corrected chi connectivity index (χ2v) is 6.43. The number of nitrogens with one attached hydrogen (secondary N) is 1. The fraction of sp³-hybridized carbons (Fsp3) is 0.316. The van der Waals surface area contributed by atoms with Crippen molar-refractivity contribution in [3.63, 3.8) is 0 Å². The summed E-state index contributed by atoms with van der Waals surface area (Å²) >= 11 is 1.26. The van der Waals surface area contributed by atoms with E-state index in [1.807, 2.05) is 6.07 Å². The van der Waals surface area contributed by atoms with Gasteiger partial charge in [-0.15, -0.1) is 11.8 Å². The first-order valence-electron chi connectivity index (χ1n) is 8.18. The number of carbonyl (C=O) groups is 1. The van der Waals surface area contributed by atoms with Crippen molar-refractivity contribution in [2.75, 3.05) is 12.9 Å². The summed E-state index contributed by atoms with van der Waals surface area (Å²) in [6.07, 6.45) is 1.76. The molecule has 1 atom stereocenters. The molecule has 146 valence electrons. The van der Waals surface area contributed by atoms with Crippen LogP contribution >= 0.6 is 11.8 Å². The molecule has 0 aromatic heterocycles. The normalized spacial score (nSPS) is 16.3. The second-order valence-electron chi connectivity index (χ2n) is 5.62. The Morgan fingerprint density at radius 2 is 2.07 bits per heavy atom. The van der Waals surface area contributed by atoms with Crippen LogP contribution in [0.25, 0.3) is 0 Å². The quantitative estimate of drug-likeness (QED) is 0.544. The van der Waals surface area contributed by atoms with E-state index in [1.165, 1.54) is 30.0 Å². The van der Waals surface area contributed by atoms with Crippen LogP contribution in [0.5, 0.6) is 5.75 Å². The van der Waals surface area contributed by atoms with Crippen molar-refractivity contribution in [1.29, 1.82) is 10.5 Å². The summed E-state index contributed by atoms with van der Waals surface area (Å²) in [6, 6.07) is 9.95. The molecular weight excluding hydrogens is 388 g/mol. The molecule has 2 rings (SSSR count). The van der Waals surface area contributed by atoms with Crippen molar-refractivity contribution in [3.8, 4) is 17.9 Å². The number of nitrogens with zero attached hydrogens (tertiary/aromatic N) is 2. The fourth-order valence-electron chi connectivity index (χ4n) is 2.84. The molecule has 1 aromatic rings. The third kappa shape index (κ3) is 4.62. The number of nitriles is 2. The van der Waals surface area contributed by atoms with Crippen LogP contribution in [-0.2, 0) is 9.53 Å². The average molecular weight is 405 g/mol. The Kier molecular flexibility index (Phi) is 7.42. The summed E-state index contributed by atoms with van der Waals surface area (Å²) < 4.78 is 35.5. The Morgan fingerprint density at radius 1 is 1.36 bits per heavy atom. The maximum atomic E-state index is 12.9. The highest BCUT2D eigenvalue weighted by Crippen LogP contribution is 2.43. The zero-order valence-corrected chi connectivity index (χ0v) is 16.0. The number of thioether (sulfide) groups is 1. The summed E-state index contributed by atoms with van der Waals surface area (Å²) in [5.41, 5.74) is 0.981. The minimum atomic E-state index is -3.06. The molecule has 0 radical (unpaired) electrons. The molecule has 0 aliphatic carbocycles. The molecule has 0 saturated heterocycles. The van der Waals surface area contributed by atoms with Crippen molar-refractivity contribution in [2.45, 2.75) is 25.9 Å². The maximum Gasteiger partial charge on any atom is 0.387 e. The standard InChI is InChI=1S/C19H17F2N3O3S/c1-11-15(18(25)26-9-5-8-22)16(13(10-23)17(24-11)28-2)12-6-3-4-7-14(12)27-19(20)21/h3-4,6-7,16,19,24H,5,9H2,1-2H3. The largest absolute Gasteiger partial charge is 0.461 e. The van der Waals surface area contributed by atoms with Gasteiger partial charge in [-0.2, -0.15) is 19.3 Å². The monoisotopic (exact) mass is 405 g/mol. The molecule has 1 heterocycles. The number of para-hydroxylation sites is 1. The first-order chi connectivity index (χ1) is 13.4. The summed E-state index contributed by atoms with van der Waals surface area (Å²) in [5.74, 6) is -1.81. The number of benzene rings is 1. The molecule has 1 aromatic carbocycles. The molecule has 1 aliphatic rings. The van der Waals surface area contributed by atoms with E-state index in [4.69, 9.17) is 10.00 Å². The van der Waals surface area contributed by atoms with E-state index in [0.29, 0.717) is 10.7 Å². The Balaban J connectivity index is 2.61. The van der Waals surface area contributed by atoms with Crippen molar-refractivity contribution in [1.82, 2.24) is 5.32 Å². The summed E-state index contributed by atoms with van der Waals surface area (Å²) in [6.45, 7) is -1.54.